The van der Waals surface area contributed by atoms with Crippen LogP contribution >= 0.6 is 0 Å². The molecule has 2 N–H and O–H groups in total. The zero-order valence-electron chi connectivity index (χ0n) is 5.90. The van der Waals surface area contributed by atoms with Crippen molar-refractivity contribution in [3.05, 3.63) is 10.4 Å². The molecule has 4 heteroatoms. The van der Waals surface area contributed by atoms with Crippen LogP contribution in [0.4, 0.5) is 0 Å². The molecule has 56 valence electrons. The molecule has 0 amide bonds. The summed E-state index contributed by atoms with van der Waals surface area (Å²) < 4.78 is 0. The maximum absolute atomic E-state index is 8.11. The molecule has 1 rings (SSSR count). The topological polar surface area (TPSA) is 74.8 Å². The van der Waals surface area contributed by atoms with E-state index >= 15 is 0 Å². The Labute approximate surface area is 60.0 Å². The normalized spacial score (nSPS) is 32.9. The number of azide groups is 1. The third-order valence-electron chi connectivity index (χ3n) is 1.96. The minimum Gasteiger partial charge on any atom is -0.328 e. The molecule has 0 spiro atoms. The smallest absolute Gasteiger partial charge is 0.0375 e. The van der Waals surface area contributed by atoms with Gasteiger partial charge >= 0.3 is 0 Å². The number of rotatable bonds is 1. The summed E-state index contributed by atoms with van der Waals surface area (Å²) >= 11 is 0. The standard InChI is InChI=1S/C6H12N4/c7-5-1-3-6(4-2-5)9-10-8/h5-6H,1-4,7H2/t5-,6+. The van der Waals surface area contributed by atoms with E-state index in [-0.39, 0.29) is 6.04 Å². The van der Waals surface area contributed by atoms with E-state index in [0.717, 1.165) is 25.7 Å². The van der Waals surface area contributed by atoms with E-state index in [0.29, 0.717) is 6.04 Å². The van der Waals surface area contributed by atoms with Gasteiger partial charge in [0.25, 0.3) is 0 Å². The highest BCUT2D eigenvalue weighted by Gasteiger charge is 2.16. The first kappa shape index (κ1) is 7.38. The Morgan fingerprint density at radius 2 is 1.90 bits per heavy atom. The molecule has 0 aromatic heterocycles. The highest BCUT2D eigenvalue weighted by molar-refractivity contribution is 4.78. The van der Waals surface area contributed by atoms with Gasteiger partial charge in [0.15, 0.2) is 0 Å². The zero-order valence-corrected chi connectivity index (χ0v) is 5.90. The summed E-state index contributed by atoms with van der Waals surface area (Å²) in [6.07, 6.45) is 3.93. The van der Waals surface area contributed by atoms with Crippen molar-refractivity contribution in [3.8, 4) is 0 Å². The van der Waals surface area contributed by atoms with Gasteiger partial charge in [-0.05, 0) is 31.2 Å². The van der Waals surface area contributed by atoms with Crippen molar-refractivity contribution >= 4 is 0 Å². The van der Waals surface area contributed by atoms with E-state index in [4.69, 9.17) is 11.3 Å². The summed E-state index contributed by atoms with van der Waals surface area (Å²) in [5, 5.41) is 3.64. The minimum atomic E-state index is 0.213. The second-order valence-electron chi connectivity index (χ2n) is 2.77. The summed E-state index contributed by atoms with van der Waals surface area (Å²) in [5.41, 5.74) is 13.8. The largest absolute Gasteiger partial charge is 0.328 e. The van der Waals surface area contributed by atoms with Gasteiger partial charge in [0.2, 0.25) is 0 Å². The number of nitrogens with zero attached hydrogens (tertiary/aromatic N) is 3. The van der Waals surface area contributed by atoms with Crippen LogP contribution in [0.25, 0.3) is 10.4 Å². The molecule has 0 heterocycles. The number of hydrogen-bond donors (Lipinski definition) is 1. The van der Waals surface area contributed by atoms with E-state index in [1.165, 1.54) is 0 Å². The van der Waals surface area contributed by atoms with Crippen LogP contribution in [0.5, 0.6) is 0 Å². The molecule has 4 nitrogen and oxygen atoms in total. The number of hydrogen-bond acceptors (Lipinski definition) is 2. The SMILES string of the molecule is [N-]=[N+]=N[C@H]1CC[C@@H](N)CC1. The summed E-state index contributed by atoms with van der Waals surface area (Å²) in [4.78, 5) is 2.77. The fourth-order valence-corrected chi connectivity index (χ4v) is 1.29. The molecule has 0 aliphatic heterocycles. The average Bonchev–Trinajstić information content (AvgIpc) is 1.95. The summed E-state index contributed by atoms with van der Waals surface area (Å²) in [6, 6.07) is 0.551. The Morgan fingerprint density at radius 3 is 2.40 bits per heavy atom. The minimum absolute atomic E-state index is 0.213. The number of nitrogens with two attached hydrogens (primary N) is 1. The third-order valence-corrected chi connectivity index (χ3v) is 1.96. The van der Waals surface area contributed by atoms with Crippen molar-refractivity contribution in [1.29, 1.82) is 0 Å². The molecule has 1 aliphatic carbocycles. The van der Waals surface area contributed by atoms with Crippen LogP contribution in [-0.2, 0) is 0 Å². The Morgan fingerprint density at radius 1 is 1.30 bits per heavy atom. The van der Waals surface area contributed by atoms with Crippen molar-refractivity contribution in [2.45, 2.75) is 37.8 Å². The molecule has 0 unspecified atom stereocenters. The van der Waals surface area contributed by atoms with Crippen LogP contribution in [0.15, 0.2) is 5.11 Å². The van der Waals surface area contributed by atoms with Crippen molar-refractivity contribution in [2.24, 2.45) is 10.8 Å². The fourth-order valence-electron chi connectivity index (χ4n) is 1.29. The van der Waals surface area contributed by atoms with E-state index in [1.54, 1.807) is 0 Å². The van der Waals surface area contributed by atoms with Crippen LogP contribution in [0.1, 0.15) is 25.7 Å². The van der Waals surface area contributed by atoms with Gasteiger partial charge in [-0.3, -0.25) is 0 Å². The van der Waals surface area contributed by atoms with Gasteiger partial charge in [-0.2, -0.15) is 0 Å². The highest BCUT2D eigenvalue weighted by atomic mass is 15.1. The van der Waals surface area contributed by atoms with E-state index in [2.05, 4.69) is 10.0 Å². The second-order valence-corrected chi connectivity index (χ2v) is 2.77. The zero-order chi connectivity index (χ0) is 7.40. The van der Waals surface area contributed by atoms with Gasteiger partial charge in [0.1, 0.15) is 0 Å². The highest BCUT2D eigenvalue weighted by Crippen LogP contribution is 2.19. The molecule has 0 saturated heterocycles. The Kier molecular flexibility index (Phi) is 2.54. The summed E-state index contributed by atoms with van der Waals surface area (Å²) in [6.45, 7) is 0. The molecule has 1 fully saturated rings. The monoisotopic (exact) mass is 140 g/mol. The lowest BCUT2D eigenvalue weighted by molar-refractivity contribution is 0.394. The summed E-state index contributed by atoms with van der Waals surface area (Å²) in [7, 11) is 0. The van der Waals surface area contributed by atoms with Crippen molar-refractivity contribution in [3.63, 3.8) is 0 Å². The van der Waals surface area contributed by atoms with E-state index < -0.39 is 0 Å². The maximum atomic E-state index is 8.11. The van der Waals surface area contributed by atoms with Gasteiger partial charge in [-0.15, -0.1) is 0 Å². The molecule has 0 radical (unpaired) electrons. The molecule has 0 aromatic rings. The van der Waals surface area contributed by atoms with Gasteiger partial charge < -0.3 is 5.73 Å². The lowest BCUT2D eigenvalue weighted by Crippen LogP contribution is -2.27. The lowest BCUT2D eigenvalue weighted by atomic mass is 9.92. The molecule has 0 aromatic carbocycles. The molecule has 10 heavy (non-hydrogen) atoms. The molecule has 0 bridgehead atoms. The molecule has 0 atom stereocenters. The molecule has 1 saturated carbocycles. The van der Waals surface area contributed by atoms with Crippen LogP contribution < -0.4 is 5.73 Å². The van der Waals surface area contributed by atoms with Crippen molar-refractivity contribution in [2.75, 3.05) is 0 Å². The Bertz CT molecular complexity index is 142. The van der Waals surface area contributed by atoms with E-state index in [9.17, 15) is 0 Å². The van der Waals surface area contributed by atoms with Gasteiger partial charge in [0, 0.05) is 17.0 Å². The van der Waals surface area contributed by atoms with Crippen molar-refractivity contribution in [1.82, 2.24) is 0 Å². The van der Waals surface area contributed by atoms with Gasteiger partial charge in [0.05, 0.1) is 0 Å². The average molecular weight is 140 g/mol. The van der Waals surface area contributed by atoms with Gasteiger partial charge in [-0.1, -0.05) is 5.11 Å². The van der Waals surface area contributed by atoms with Crippen LogP contribution in [0.2, 0.25) is 0 Å². The first-order valence-corrected chi connectivity index (χ1v) is 3.62. The quantitative estimate of drug-likeness (QED) is 0.335. The van der Waals surface area contributed by atoms with E-state index in [1.807, 2.05) is 0 Å². The lowest BCUT2D eigenvalue weighted by Gasteiger charge is -2.21. The predicted octanol–water partition coefficient (Wildman–Crippen LogP) is 1.57. The Balaban J connectivity index is 2.32. The first-order chi connectivity index (χ1) is 4.83. The first-order valence-electron chi connectivity index (χ1n) is 3.62. The van der Waals surface area contributed by atoms with Gasteiger partial charge in [-0.25, -0.2) is 0 Å². The maximum Gasteiger partial charge on any atom is 0.0375 e. The van der Waals surface area contributed by atoms with Crippen molar-refractivity contribution < 1.29 is 0 Å². The Hall–Kier alpha value is -0.730. The second kappa shape index (κ2) is 3.44. The van der Waals surface area contributed by atoms with Crippen LogP contribution in [-0.4, -0.2) is 12.1 Å². The summed E-state index contributed by atoms with van der Waals surface area (Å²) in [5.74, 6) is 0. The van der Waals surface area contributed by atoms with Crippen LogP contribution in [0.3, 0.4) is 0 Å². The van der Waals surface area contributed by atoms with Crippen LogP contribution in [0, 0.1) is 0 Å². The predicted molar refractivity (Wildman–Crippen MR) is 39.4 cm³/mol. The molecular formula is C6H12N4. The molecule has 1 aliphatic rings. The molecular weight excluding hydrogens is 128 g/mol. The fraction of sp³-hybridized carbons (Fsp3) is 1.00. The third kappa shape index (κ3) is 1.90.